The standard InChI is InChI=1S/C23H29N3O/c1-19-18-23(20-8-3-2-4-9-20)24-26(19)21-10-12-22(13-11-21)27-17-7-16-25-14-5-6-15-25/h2-4,8-13,18,23-24H,5-7,14-17H2,1H3. The van der Waals surface area contributed by atoms with E-state index >= 15 is 0 Å². The molecule has 0 radical (unpaired) electrons. The molecule has 0 aliphatic carbocycles. The number of nitrogens with zero attached hydrogens (tertiary/aromatic N) is 2. The molecular weight excluding hydrogens is 334 g/mol. The van der Waals surface area contributed by atoms with Crippen LogP contribution in [0.25, 0.3) is 0 Å². The zero-order valence-electron chi connectivity index (χ0n) is 16.1. The minimum Gasteiger partial charge on any atom is -0.494 e. The third-order valence-corrected chi connectivity index (χ3v) is 5.37. The second-order valence-corrected chi connectivity index (χ2v) is 7.41. The Hall–Kier alpha value is -2.30. The van der Waals surface area contributed by atoms with E-state index in [1.54, 1.807) is 0 Å². The Labute approximate surface area is 162 Å². The van der Waals surface area contributed by atoms with E-state index < -0.39 is 0 Å². The SMILES string of the molecule is CC1=CC(c2ccccc2)NN1c1ccc(OCCCN2CCCC2)cc1. The summed E-state index contributed by atoms with van der Waals surface area (Å²) in [7, 11) is 0. The molecule has 0 aromatic heterocycles. The van der Waals surface area contributed by atoms with E-state index in [9.17, 15) is 0 Å². The molecule has 2 aliphatic rings. The molecule has 2 heterocycles. The van der Waals surface area contributed by atoms with Gasteiger partial charge >= 0.3 is 0 Å². The van der Waals surface area contributed by atoms with Gasteiger partial charge in [0.05, 0.1) is 18.3 Å². The van der Waals surface area contributed by atoms with Crippen molar-refractivity contribution in [1.29, 1.82) is 0 Å². The first kappa shape index (κ1) is 18.1. The van der Waals surface area contributed by atoms with Gasteiger partial charge in [0.2, 0.25) is 0 Å². The average molecular weight is 364 g/mol. The summed E-state index contributed by atoms with van der Waals surface area (Å²) in [4.78, 5) is 2.53. The molecule has 4 nitrogen and oxygen atoms in total. The summed E-state index contributed by atoms with van der Waals surface area (Å²) in [5.74, 6) is 0.945. The highest BCUT2D eigenvalue weighted by atomic mass is 16.5. The second kappa shape index (κ2) is 8.59. The van der Waals surface area contributed by atoms with E-state index in [0.29, 0.717) is 0 Å². The van der Waals surface area contributed by atoms with Crippen LogP contribution in [0.2, 0.25) is 0 Å². The second-order valence-electron chi connectivity index (χ2n) is 7.41. The van der Waals surface area contributed by atoms with Crippen molar-refractivity contribution in [2.24, 2.45) is 0 Å². The van der Waals surface area contributed by atoms with E-state index in [2.05, 4.69) is 82.9 Å². The van der Waals surface area contributed by atoms with Crippen LogP contribution in [0.4, 0.5) is 5.69 Å². The van der Waals surface area contributed by atoms with Gasteiger partial charge in [-0.3, -0.25) is 5.01 Å². The Morgan fingerprint density at radius 3 is 2.48 bits per heavy atom. The van der Waals surface area contributed by atoms with Crippen molar-refractivity contribution in [3.05, 3.63) is 71.9 Å². The molecule has 4 heteroatoms. The fourth-order valence-electron chi connectivity index (χ4n) is 3.88. The van der Waals surface area contributed by atoms with Crippen molar-refractivity contribution in [3.8, 4) is 5.75 Å². The van der Waals surface area contributed by atoms with Gasteiger partial charge in [0.15, 0.2) is 0 Å². The predicted molar refractivity (Wildman–Crippen MR) is 111 cm³/mol. The molecule has 27 heavy (non-hydrogen) atoms. The molecule has 2 aliphatic heterocycles. The number of benzene rings is 2. The Bertz CT molecular complexity index is 751. The molecule has 1 fully saturated rings. The van der Waals surface area contributed by atoms with Crippen LogP contribution >= 0.6 is 0 Å². The molecule has 1 N–H and O–H groups in total. The number of hydrogen-bond acceptors (Lipinski definition) is 4. The van der Waals surface area contributed by atoms with Crippen LogP contribution in [0.5, 0.6) is 5.75 Å². The van der Waals surface area contributed by atoms with Crippen LogP contribution in [0.3, 0.4) is 0 Å². The normalized spacial score (nSPS) is 20.1. The van der Waals surface area contributed by atoms with Gasteiger partial charge in [-0.2, -0.15) is 0 Å². The molecule has 0 spiro atoms. The van der Waals surface area contributed by atoms with Gasteiger partial charge in [-0.15, -0.1) is 0 Å². The molecule has 4 rings (SSSR count). The van der Waals surface area contributed by atoms with Gasteiger partial charge < -0.3 is 9.64 Å². The van der Waals surface area contributed by atoms with Gasteiger partial charge in [-0.05, 0) is 75.2 Å². The summed E-state index contributed by atoms with van der Waals surface area (Å²) in [6.45, 7) is 6.59. The maximum atomic E-state index is 5.92. The highest BCUT2D eigenvalue weighted by molar-refractivity contribution is 5.55. The van der Waals surface area contributed by atoms with Gasteiger partial charge in [-0.1, -0.05) is 30.3 Å². The lowest BCUT2D eigenvalue weighted by atomic mass is 10.1. The average Bonchev–Trinajstić information content (AvgIpc) is 3.36. The summed E-state index contributed by atoms with van der Waals surface area (Å²) in [5, 5.41) is 2.15. The number of hydrogen-bond donors (Lipinski definition) is 1. The number of anilines is 1. The van der Waals surface area contributed by atoms with E-state index in [0.717, 1.165) is 31.0 Å². The third kappa shape index (κ3) is 4.52. The monoisotopic (exact) mass is 363 g/mol. The lowest BCUT2D eigenvalue weighted by Gasteiger charge is -2.23. The molecule has 2 aromatic carbocycles. The number of likely N-dealkylation sites (tertiary alicyclic amines) is 1. The molecule has 142 valence electrons. The van der Waals surface area contributed by atoms with Crippen LogP contribution in [0.15, 0.2) is 66.4 Å². The molecule has 2 aromatic rings. The smallest absolute Gasteiger partial charge is 0.119 e. The highest BCUT2D eigenvalue weighted by Crippen LogP contribution is 2.29. The van der Waals surface area contributed by atoms with Gasteiger partial charge in [0, 0.05) is 12.2 Å². The highest BCUT2D eigenvalue weighted by Gasteiger charge is 2.22. The first-order valence-corrected chi connectivity index (χ1v) is 10.0. The molecule has 1 atom stereocenters. The van der Waals surface area contributed by atoms with Crippen LogP contribution in [-0.4, -0.2) is 31.1 Å². The number of hydrazine groups is 1. The van der Waals surface area contributed by atoms with Crippen molar-refractivity contribution >= 4 is 5.69 Å². The zero-order valence-corrected chi connectivity index (χ0v) is 16.1. The number of ether oxygens (including phenoxy) is 1. The zero-order chi connectivity index (χ0) is 18.5. The topological polar surface area (TPSA) is 27.7 Å². The fraction of sp³-hybridized carbons (Fsp3) is 0.391. The van der Waals surface area contributed by atoms with Crippen LogP contribution in [0.1, 0.15) is 37.8 Å². The van der Waals surface area contributed by atoms with Crippen molar-refractivity contribution in [2.45, 2.75) is 32.2 Å². The van der Waals surface area contributed by atoms with Crippen LogP contribution in [0, 0.1) is 0 Å². The first-order chi connectivity index (χ1) is 13.3. The van der Waals surface area contributed by atoms with E-state index in [-0.39, 0.29) is 6.04 Å². The van der Waals surface area contributed by atoms with Crippen LogP contribution in [-0.2, 0) is 0 Å². The predicted octanol–water partition coefficient (Wildman–Crippen LogP) is 4.52. The first-order valence-electron chi connectivity index (χ1n) is 10.0. The lowest BCUT2D eigenvalue weighted by Crippen LogP contribution is -2.32. The summed E-state index contributed by atoms with van der Waals surface area (Å²) < 4.78 is 5.92. The third-order valence-electron chi connectivity index (χ3n) is 5.37. The minimum absolute atomic E-state index is 0.215. The molecule has 0 amide bonds. The number of nitrogens with one attached hydrogen (secondary N) is 1. The molecule has 0 bridgehead atoms. The molecular formula is C23H29N3O. The largest absolute Gasteiger partial charge is 0.494 e. The lowest BCUT2D eigenvalue weighted by molar-refractivity contribution is 0.263. The van der Waals surface area contributed by atoms with Crippen molar-refractivity contribution in [2.75, 3.05) is 31.3 Å². The Morgan fingerprint density at radius 1 is 1.00 bits per heavy atom. The number of rotatable bonds is 7. The number of allylic oxidation sites excluding steroid dienone is 1. The summed E-state index contributed by atoms with van der Waals surface area (Å²) in [6, 6.07) is 19.1. The van der Waals surface area contributed by atoms with Gasteiger partial charge in [-0.25, -0.2) is 5.43 Å². The van der Waals surface area contributed by atoms with E-state index in [1.807, 2.05) is 0 Å². The Morgan fingerprint density at radius 2 is 1.74 bits per heavy atom. The fourth-order valence-corrected chi connectivity index (χ4v) is 3.88. The van der Waals surface area contributed by atoms with Gasteiger partial charge in [0.1, 0.15) is 5.75 Å². The maximum Gasteiger partial charge on any atom is 0.119 e. The minimum atomic E-state index is 0.215. The molecule has 0 saturated carbocycles. The van der Waals surface area contributed by atoms with E-state index in [4.69, 9.17) is 4.74 Å². The van der Waals surface area contributed by atoms with Crippen molar-refractivity contribution < 1.29 is 4.74 Å². The Kier molecular flexibility index (Phi) is 5.75. The summed E-state index contributed by atoms with van der Waals surface area (Å²) in [5.41, 5.74) is 7.19. The summed E-state index contributed by atoms with van der Waals surface area (Å²) >= 11 is 0. The maximum absolute atomic E-state index is 5.92. The quantitative estimate of drug-likeness (QED) is 0.732. The Balaban J connectivity index is 1.29. The van der Waals surface area contributed by atoms with E-state index in [1.165, 1.54) is 37.2 Å². The molecule has 1 saturated heterocycles. The van der Waals surface area contributed by atoms with Gasteiger partial charge in [0.25, 0.3) is 0 Å². The molecule has 1 unspecified atom stereocenters. The van der Waals surface area contributed by atoms with Crippen molar-refractivity contribution in [1.82, 2.24) is 10.3 Å². The summed E-state index contributed by atoms with van der Waals surface area (Å²) in [6.07, 6.45) is 6.06. The van der Waals surface area contributed by atoms with Crippen LogP contribution < -0.4 is 15.2 Å². The van der Waals surface area contributed by atoms with Crippen molar-refractivity contribution in [3.63, 3.8) is 0 Å².